The zero-order chi connectivity index (χ0) is 9.68. The summed E-state index contributed by atoms with van der Waals surface area (Å²) in [7, 11) is 0. The lowest BCUT2D eigenvalue weighted by Gasteiger charge is -1.95. The minimum atomic E-state index is -0.0873. The van der Waals surface area contributed by atoms with Crippen molar-refractivity contribution in [1.82, 2.24) is 0 Å². The van der Waals surface area contributed by atoms with Gasteiger partial charge in [0, 0.05) is 4.47 Å². The predicted molar refractivity (Wildman–Crippen MR) is 58.4 cm³/mol. The van der Waals surface area contributed by atoms with Crippen molar-refractivity contribution in [2.45, 2.75) is 0 Å². The van der Waals surface area contributed by atoms with Crippen LogP contribution in [-0.4, -0.2) is 5.78 Å². The molecule has 0 amide bonds. The van der Waals surface area contributed by atoms with E-state index in [4.69, 9.17) is 0 Å². The summed E-state index contributed by atoms with van der Waals surface area (Å²) in [5.41, 5.74) is 0.984. The Morgan fingerprint density at radius 1 is 1.38 bits per heavy atom. The van der Waals surface area contributed by atoms with Crippen molar-refractivity contribution < 1.29 is 4.79 Å². The number of ketones is 1. The number of hydrogen-bond acceptors (Lipinski definition) is 1. The van der Waals surface area contributed by atoms with Gasteiger partial charge in [0.25, 0.3) is 0 Å². The van der Waals surface area contributed by atoms with Crippen molar-refractivity contribution in [3.8, 4) is 0 Å². The molecule has 0 fully saturated rings. The van der Waals surface area contributed by atoms with Crippen LogP contribution < -0.4 is 0 Å². The van der Waals surface area contributed by atoms with Crippen LogP contribution in [0.4, 0.5) is 0 Å². The fraction of sp³-hybridized carbons (Fsp3) is 0. The maximum Gasteiger partial charge on any atom is 0.178 e. The molecule has 0 aliphatic rings. The molecule has 2 heteroatoms. The lowest BCUT2D eigenvalue weighted by Crippen LogP contribution is -1.83. The molecule has 0 aromatic heterocycles. The van der Waals surface area contributed by atoms with Gasteiger partial charge in [0.15, 0.2) is 5.78 Å². The number of carbonyl (C=O) groups is 1. The summed E-state index contributed by atoms with van der Waals surface area (Å²) in [4.78, 5) is 10.9. The molecular formula is C11H9BrO. The Bertz CT molecular complexity index is 353. The van der Waals surface area contributed by atoms with E-state index in [0.717, 1.165) is 10.0 Å². The SMILES string of the molecule is C=CC(=O)/C=C/c1ccccc1Br. The Hall–Kier alpha value is -1.15. The van der Waals surface area contributed by atoms with Gasteiger partial charge in [-0.3, -0.25) is 4.79 Å². The maximum atomic E-state index is 10.9. The molecule has 0 N–H and O–H groups in total. The zero-order valence-corrected chi connectivity index (χ0v) is 8.62. The molecule has 66 valence electrons. The summed E-state index contributed by atoms with van der Waals surface area (Å²) in [6.07, 6.45) is 4.54. The molecule has 0 saturated carbocycles. The molecule has 1 nitrogen and oxygen atoms in total. The van der Waals surface area contributed by atoms with Gasteiger partial charge in [0.1, 0.15) is 0 Å². The minimum Gasteiger partial charge on any atom is -0.290 e. The molecule has 0 aliphatic heterocycles. The van der Waals surface area contributed by atoms with Gasteiger partial charge in [-0.05, 0) is 29.9 Å². The highest BCUT2D eigenvalue weighted by atomic mass is 79.9. The summed E-state index contributed by atoms with van der Waals surface area (Å²) in [5, 5.41) is 0. The van der Waals surface area contributed by atoms with Crippen LogP contribution in [0.2, 0.25) is 0 Å². The normalized spacial score (nSPS) is 10.2. The Morgan fingerprint density at radius 2 is 2.08 bits per heavy atom. The molecule has 1 aromatic carbocycles. The molecule has 1 aromatic rings. The number of hydrogen-bond donors (Lipinski definition) is 0. The lowest BCUT2D eigenvalue weighted by molar-refractivity contribution is -0.110. The van der Waals surface area contributed by atoms with E-state index in [9.17, 15) is 4.79 Å². The first-order valence-electron chi connectivity index (χ1n) is 3.83. The van der Waals surface area contributed by atoms with Crippen molar-refractivity contribution >= 4 is 27.8 Å². The third-order valence-corrected chi connectivity index (χ3v) is 2.26. The van der Waals surface area contributed by atoms with E-state index in [0.29, 0.717) is 0 Å². The topological polar surface area (TPSA) is 17.1 Å². The molecule has 0 atom stereocenters. The molecule has 0 aliphatic carbocycles. The van der Waals surface area contributed by atoms with E-state index in [1.54, 1.807) is 6.08 Å². The molecule has 0 heterocycles. The standard InChI is InChI=1S/C11H9BrO/c1-2-10(13)8-7-9-5-3-4-6-11(9)12/h2-8H,1H2/b8-7+. The number of benzene rings is 1. The van der Waals surface area contributed by atoms with E-state index in [2.05, 4.69) is 22.5 Å². The van der Waals surface area contributed by atoms with Gasteiger partial charge in [-0.2, -0.15) is 0 Å². The van der Waals surface area contributed by atoms with Crippen molar-refractivity contribution in [2.24, 2.45) is 0 Å². The van der Waals surface area contributed by atoms with Crippen LogP contribution in [0.5, 0.6) is 0 Å². The van der Waals surface area contributed by atoms with Gasteiger partial charge in [0.2, 0.25) is 0 Å². The highest BCUT2D eigenvalue weighted by Crippen LogP contribution is 2.16. The first-order chi connectivity index (χ1) is 6.24. The highest BCUT2D eigenvalue weighted by molar-refractivity contribution is 9.10. The minimum absolute atomic E-state index is 0.0873. The van der Waals surface area contributed by atoms with E-state index in [1.807, 2.05) is 24.3 Å². The number of allylic oxidation sites excluding steroid dienone is 2. The van der Waals surface area contributed by atoms with Gasteiger partial charge in [-0.1, -0.05) is 40.7 Å². The van der Waals surface area contributed by atoms with E-state index < -0.39 is 0 Å². The van der Waals surface area contributed by atoms with E-state index >= 15 is 0 Å². The quantitative estimate of drug-likeness (QED) is 0.737. The molecule has 0 bridgehead atoms. The van der Waals surface area contributed by atoms with Crippen LogP contribution in [0.1, 0.15) is 5.56 Å². The van der Waals surface area contributed by atoms with Crippen molar-refractivity contribution in [3.63, 3.8) is 0 Å². The largest absolute Gasteiger partial charge is 0.290 e. The van der Waals surface area contributed by atoms with Gasteiger partial charge in [-0.15, -0.1) is 0 Å². The number of halogens is 1. The predicted octanol–water partition coefficient (Wildman–Crippen LogP) is 3.22. The molecule has 0 radical (unpaired) electrons. The van der Waals surface area contributed by atoms with Gasteiger partial charge >= 0.3 is 0 Å². The Kier molecular flexibility index (Phi) is 3.65. The fourth-order valence-corrected chi connectivity index (χ4v) is 1.27. The molecule has 13 heavy (non-hydrogen) atoms. The van der Waals surface area contributed by atoms with Crippen LogP contribution in [0.25, 0.3) is 6.08 Å². The summed E-state index contributed by atoms with van der Waals surface area (Å²) in [6.45, 7) is 3.38. The molecule has 0 saturated heterocycles. The molecule has 1 rings (SSSR count). The molecule has 0 spiro atoms. The maximum absolute atomic E-state index is 10.9. The first kappa shape index (κ1) is 9.93. The molecular weight excluding hydrogens is 228 g/mol. The number of carbonyl (C=O) groups excluding carboxylic acids is 1. The van der Waals surface area contributed by atoms with Crippen LogP contribution >= 0.6 is 15.9 Å². The Morgan fingerprint density at radius 3 is 2.69 bits per heavy atom. The Labute approximate surface area is 85.9 Å². The first-order valence-corrected chi connectivity index (χ1v) is 4.62. The van der Waals surface area contributed by atoms with Crippen LogP contribution in [0.15, 0.2) is 47.5 Å². The second-order valence-electron chi connectivity index (χ2n) is 2.46. The summed E-state index contributed by atoms with van der Waals surface area (Å²) < 4.78 is 0.975. The van der Waals surface area contributed by atoms with Crippen LogP contribution in [-0.2, 0) is 4.79 Å². The van der Waals surface area contributed by atoms with Crippen molar-refractivity contribution in [3.05, 3.63) is 53.0 Å². The number of rotatable bonds is 3. The van der Waals surface area contributed by atoms with Crippen LogP contribution in [0, 0.1) is 0 Å². The van der Waals surface area contributed by atoms with Crippen molar-refractivity contribution in [1.29, 1.82) is 0 Å². The third-order valence-electron chi connectivity index (χ3n) is 1.53. The van der Waals surface area contributed by atoms with Gasteiger partial charge in [0.05, 0.1) is 0 Å². The zero-order valence-electron chi connectivity index (χ0n) is 7.03. The van der Waals surface area contributed by atoms with Gasteiger partial charge < -0.3 is 0 Å². The average molecular weight is 237 g/mol. The second kappa shape index (κ2) is 4.77. The highest BCUT2D eigenvalue weighted by Gasteiger charge is 1.93. The van der Waals surface area contributed by atoms with Crippen LogP contribution in [0.3, 0.4) is 0 Å². The van der Waals surface area contributed by atoms with Gasteiger partial charge in [-0.25, -0.2) is 0 Å². The average Bonchev–Trinajstić information content (AvgIpc) is 2.16. The summed E-state index contributed by atoms with van der Waals surface area (Å²) in [6, 6.07) is 7.70. The smallest absolute Gasteiger partial charge is 0.178 e. The van der Waals surface area contributed by atoms with E-state index in [1.165, 1.54) is 12.2 Å². The Balaban J connectivity index is 2.85. The lowest BCUT2D eigenvalue weighted by atomic mass is 10.2. The second-order valence-corrected chi connectivity index (χ2v) is 3.32. The summed E-state index contributed by atoms with van der Waals surface area (Å²) >= 11 is 3.38. The molecule has 0 unspecified atom stereocenters. The fourth-order valence-electron chi connectivity index (χ4n) is 0.850. The van der Waals surface area contributed by atoms with E-state index in [-0.39, 0.29) is 5.78 Å². The third kappa shape index (κ3) is 2.99. The monoisotopic (exact) mass is 236 g/mol. The van der Waals surface area contributed by atoms with Crippen molar-refractivity contribution in [2.75, 3.05) is 0 Å². The summed E-state index contributed by atoms with van der Waals surface area (Å²) in [5.74, 6) is -0.0873.